The number of amides is 1. The van der Waals surface area contributed by atoms with Gasteiger partial charge in [-0.25, -0.2) is 4.79 Å². The van der Waals surface area contributed by atoms with Crippen LogP contribution >= 0.6 is 11.6 Å². The van der Waals surface area contributed by atoms with Gasteiger partial charge in [0.1, 0.15) is 11.4 Å². The number of hydrogen-bond acceptors (Lipinski definition) is 3. The molecule has 0 atom stereocenters. The van der Waals surface area contributed by atoms with Crippen molar-refractivity contribution in [2.75, 3.05) is 5.32 Å². The molecule has 0 fully saturated rings. The number of fused-ring (bicyclic) bond motifs is 1. The van der Waals surface area contributed by atoms with Crippen LogP contribution < -0.4 is 10.9 Å². The summed E-state index contributed by atoms with van der Waals surface area (Å²) in [6.45, 7) is 5.34. The molecule has 0 aliphatic carbocycles. The lowest BCUT2D eigenvalue weighted by Crippen LogP contribution is -2.30. The van der Waals surface area contributed by atoms with Gasteiger partial charge in [0, 0.05) is 28.4 Å². The molecular weight excluding hydrogens is 364 g/mol. The van der Waals surface area contributed by atoms with Crippen molar-refractivity contribution in [2.24, 2.45) is 7.05 Å². The molecule has 0 aliphatic rings. The van der Waals surface area contributed by atoms with E-state index >= 15 is 0 Å². The van der Waals surface area contributed by atoms with Crippen molar-refractivity contribution in [1.82, 2.24) is 4.57 Å². The Kier molecular flexibility index (Phi) is 4.98. The largest absolute Gasteiger partial charge is 0.444 e. The SMILES string of the molecule is Cn1c(NC(=O)OC(C)(C)C)c(-c2ccccc2)c2cc(Cl)ccc2c1=O. The number of carbonyl (C=O) groups excluding carboxylic acids is 1. The Hall–Kier alpha value is -2.79. The number of nitrogens with zero attached hydrogens (tertiary/aromatic N) is 1. The molecule has 3 aromatic rings. The minimum Gasteiger partial charge on any atom is -0.444 e. The molecule has 0 spiro atoms. The molecule has 6 heteroatoms. The van der Waals surface area contributed by atoms with Crippen molar-refractivity contribution in [2.45, 2.75) is 26.4 Å². The average Bonchev–Trinajstić information content (AvgIpc) is 2.58. The number of halogens is 1. The second-order valence-electron chi connectivity index (χ2n) is 7.27. The smallest absolute Gasteiger partial charge is 0.413 e. The Morgan fingerprint density at radius 1 is 1.07 bits per heavy atom. The van der Waals surface area contributed by atoms with Crippen molar-refractivity contribution < 1.29 is 9.53 Å². The Morgan fingerprint density at radius 2 is 1.74 bits per heavy atom. The lowest BCUT2D eigenvalue weighted by molar-refractivity contribution is 0.0634. The first-order chi connectivity index (χ1) is 12.7. The molecule has 1 heterocycles. The molecule has 0 radical (unpaired) electrons. The molecule has 0 bridgehead atoms. The van der Waals surface area contributed by atoms with E-state index in [1.807, 2.05) is 30.3 Å². The highest BCUT2D eigenvalue weighted by molar-refractivity contribution is 6.31. The van der Waals surface area contributed by atoms with Crippen molar-refractivity contribution in [1.29, 1.82) is 0 Å². The van der Waals surface area contributed by atoms with Gasteiger partial charge in [-0.15, -0.1) is 0 Å². The maximum atomic E-state index is 12.8. The summed E-state index contributed by atoms with van der Waals surface area (Å²) in [6.07, 6.45) is -0.629. The average molecular weight is 385 g/mol. The van der Waals surface area contributed by atoms with Crippen LogP contribution in [-0.4, -0.2) is 16.3 Å². The second kappa shape index (κ2) is 7.08. The number of carbonyl (C=O) groups is 1. The number of benzene rings is 2. The van der Waals surface area contributed by atoms with Gasteiger partial charge in [0.2, 0.25) is 0 Å². The Labute approximate surface area is 162 Å². The minimum absolute atomic E-state index is 0.229. The number of anilines is 1. The van der Waals surface area contributed by atoms with E-state index in [0.29, 0.717) is 27.2 Å². The maximum Gasteiger partial charge on any atom is 0.413 e. The number of nitrogens with one attached hydrogen (secondary N) is 1. The van der Waals surface area contributed by atoms with Crippen LogP contribution in [0.15, 0.2) is 53.3 Å². The molecule has 1 amide bonds. The molecule has 0 unspecified atom stereocenters. The zero-order chi connectivity index (χ0) is 19.8. The molecular formula is C21H21ClN2O3. The normalized spacial score (nSPS) is 11.4. The van der Waals surface area contributed by atoms with Crippen LogP contribution in [0.3, 0.4) is 0 Å². The Balaban J connectivity index is 2.30. The number of rotatable bonds is 2. The quantitative estimate of drug-likeness (QED) is 0.660. The van der Waals surface area contributed by atoms with Crippen molar-refractivity contribution in [3.05, 3.63) is 63.9 Å². The van der Waals surface area contributed by atoms with Gasteiger partial charge in [0.15, 0.2) is 0 Å². The number of ether oxygens (including phenoxy) is 1. The van der Waals surface area contributed by atoms with Crippen LogP contribution in [0.5, 0.6) is 0 Å². The van der Waals surface area contributed by atoms with E-state index in [9.17, 15) is 9.59 Å². The molecule has 5 nitrogen and oxygen atoms in total. The second-order valence-corrected chi connectivity index (χ2v) is 7.71. The fourth-order valence-corrected chi connectivity index (χ4v) is 3.10. The Bertz CT molecular complexity index is 1070. The highest BCUT2D eigenvalue weighted by atomic mass is 35.5. The van der Waals surface area contributed by atoms with Gasteiger partial charge in [0.25, 0.3) is 5.56 Å². The van der Waals surface area contributed by atoms with Gasteiger partial charge in [-0.1, -0.05) is 41.9 Å². The van der Waals surface area contributed by atoms with Crippen LogP contribution in [0, 0.1) is 0 Å². The summed E-state index contributed by atoms with van der Waals surface area (Å²) in [5.74, 6) is 0.357. The van der Waals surface area contributed by atoms with Gasteiger partial charge in [-0.3, -0.25) is 14.7 Å². The highest BCUT2D eigenvalue weighted by Gasteiger charge is 2.22. The summed E-state index contributed by atoms with van der Waals surface area (Å²) >= 11 is 6.19. The zero-order valence-electron chi connectivity index (χ0n) is 15.7. The van der Waals surface area contributed by atoms with Gasteiger partial charge >= 0.3 is 6.09 Å². The lowest BCUT2D eigenvalue weighted by Gasteiger charge is -2.22. The number of pyridine rings is 1. The monoisotopic (exact) mass is 384 g/mol. The van der Waals surface area contributed by atoms with Crippen LogP contribution in [-0.2, 0) is 11.8 Å². The molecule has 0 saturated carbocycles. The van der Waals surface area contributed by atoms with Crippen molar-refractivity contribution in [3.63, 3.8) is 0 Å². The Morgan fingerprint density at radius 3 is 2.37 bits per heavy atom. The van der Waals surface area contributed by atoms with E-state index in [2.05, 4.69) is 5.32 Å². The van der Waals surface area contributed by atoms with Gasteiger partial charge < -0.3 is 4.74 Å². The van der Waals surface area contributed by atoms with Crippen LogP contribution in [0.25, 0.3) is 21.9 Å². The molecule has 1 aromatic heterocycles. The molecule has 1 N–H and O–H groups in total. The third-order valence-corrected chi connectivity index (χ3v) is 4.28. The predicted octanol–water partition coefficient (Wildman–Crippen LogP) is 5.21. The van der Waals surface area contributed by atoms with E-state index in [4.69, 9.17) is 16.3 Å². The molecule has 140 valence electrons. The minimum atomic E-state index is -0.657. The van der Waals surface area contributed by atoms with E-state index in [-0.39, 0.29) is 5.56 Å². The summed E-state index contributed by atoms with van der Waals surface area (Å²) in [5, 5.41) is 4.45. The lowest BCUT2D eigenvalue weighted by atomic mass is 9.99. The number of aromatic nitrogens is 1. The first-order valence-corrected chi connectivity index (χ1v) is 8.93. The highest BCUT2D eigenvalue weighted by Crippen LogP contribution is 2.35. The molecule has 3 rings (SSSR count). The van der Waals surface area contributed by atoms with Gasteiger partial charge in [-0.05, 0) is 44.5 Å². The van der Waals surface area contributed by atoms with Crippen molar-refractivity contribution >= 4 is 34.3 Å². The third kappa shape index (κ3) is 3.98. The fraction of sp³-hybridized carbons (Fsp3) is 0.238. The predicted molar refractivity (Wildman–Crippen MR) is 109 cm³/mol. The number of hydrogen-bond donors (Lipinski definition) is 1. The van der Waals surface area contributed by atoms with E-state index < -0.39 is 11.7 Å². The first-order valence-electron chi connectivity index (χ1n) is 8.55. The van der Waals surface area contributed by atoms with Gasteiger partial charge in [-0.2, -0.15) is 0 Å². The maximum absolute atomic E-state index is 12.8. The topological polar surface area (TPSA) is 60.3 Å². The summed E-state index contributed by atoms with van der Waals surface area (Å²) in [6, 6.07) is 14.6. The molecule has 27 heavy (non-hydrogen) atoms. The summed E-state index contributed by atoms with van der Waals surface area (Å²) in [4.78, 5) is 25.2. The summed E-state index contributed by atoms with van der Waals surface area (Å²) in [7, 11) is 1.62. The van der Waals surface area contributed by atoms with E-state index in [0.717, 1.165) is 5.56 Å². The van der Waals surface area contributed by atoms with E-state index in [1.165, 1.54) is 4.57 Å². The van der Waals surface area contributed by atoms with E-state index in [1.54, 1.807) is 46.0 Å². The van der Waals surface area contributed by atoms with Crippen LogP contribution in [0.2, 0.25) is 5.02 Å². The van der Waals surface area contributed by atoms with Gasteiger partial charge in [0.05, 0.1) is 0 Å². The molecule has 2 aromatic carbocycles. The summed E-state index contributed by atoms with van der Waals surface area (Å²) in [5.41, 5.74) is 0.677. The fourth-order valence-electron chi connectivity index (χ4n) is 2.93. The zero-order valence-corrected chi connectivity index (χ0v) is 16.4. The summed E-state index contributed by atoms with van der Waals surface area (Å²) < 4.78 is 6.79. The first kappa shape index (κ1) is 19.0. The van der Waals surface area contributed by atoms with Crippen molar-refractivity contribution in [3.8, 4) is 11.1 Å². The van der Waals surface area contributed by atoms with Crippen LogP contribution in [0.4, 0.5) is 10.6 Å². The van der Waals surface area contributed by atoms with Crippen LogP contribution in [0.1, 0.15) is 20.8 Å². The standard InChI is InChI=1S/C21H21ClN2O3/c1-21(2,3)27-20(26)23-18-17(13-8-6-5-7-9-13)16-12-14(22)10-11-15(16)19(25)24(18)4/h5-12H,1-4H3,(H,23,26). The molecule has 0 saturated heterocycles. The molecule has 0 aliphatic heterocycles. The third-order valence-electron chi connectivity index (χ3n) is 4.04.